The Morgan fingerprint density at radius 1 is 1.38 bits per heavy atom. The van der Waals surface area contributed by atoms with Gasteiger partial charge < -0.3 is 15.1 Å². The van der Waals surface area contributed by atoms with E-state index >= 15 is 0 Å². The Morgan fingerprint density at radius 3 is 2.90 bits per heavy atom. The summed E-state index contributed by atoms with van der Waals surface area (Å²) in [5, 5.41) is 19.4. The largest absolute Gasteiger partial charge is 0.478 e. The van der Waals surface area contributed by atoms with Crippen LogP contribution in [0.4, 0.5) is 0 Å². The average molecular weight is 398 g/mol. The summed E-state index contributed by atoms with van der Waals surface area (Å²) in [6.07, 6.45) is 7.42. The zero-order chi connectivity index (χ0) is 21.2. The molecule has 1 aliphatic rings. The van der Waals surface area contributed by atoms with Crippen LogP contribution in [0.3, 0.4) is 0 Å². The van der Waals surface area contributed by atoms with Crippen LogP contribution in [0.15, 0.2) is 36.4 Å². The molecule has 0 aliphatic carbocycles. The number of aryl methyl sites for hydroxylation is 1. The molecule has 0 saturated carbocycles. The minimum atomic E-state index is -0.930. The molecule has 2 N–H and O–H groups in total. The number of carboxylic acid groups (broad SMARTS) is 1. The lowest BCUT2D eigenvalue weighted by Gasteiger charge is -2.23. The van der Waals surface area contributed by atoms with Gasteiger partial charge in [-0.15, -0.1) is 11.8 Å². The molecule has 29 heavy (non-hydrogen) atoms. The van der Waals surface area contributed by atoms with Gasteiger partial charge in [0.2, 0.25) is 5.91 Å². The van der Waals surface area contributed by atoms with Crippen LogP contribution in [0, 0.1) is 17.8 Å². The van der Waals surface area contributed by atoms with Crippen LogP contribution in [-0.2, 0) is 11.2 Å². The Kier molecular flexibility index (Phi) is 8.95. The first kappa shape index (κ1) is 22.7. The molecule has 1 saturated heterocycles. The van der Waals surface area contributed by atoms with E-state index < -0.39 is 12.1 Å². The van der Waals surface area contributed by atoms with Crippen LogP contribution in [0.1, 0.15) is 61.9 Å². The highest BCUT2D eigenvalue weighted by molar-refractivity contribution is 5.87. The van der Waals surface area contributed by atoms with Crippen molar-refractivity contribution >= 4 is 11.9 Å². The smallest absolute Gasteiger partial charge is 0.335 e. The van der Waals surface area contributed by atoms with Gasteiger partial charge >= 0.3 is 5.97 Å². The number of likely N-dealkylation sites (tertiary alicyclic amines) is 1. The Morgan fingerprint density at radius 2 is 2.17 bits per heavy atom. The maximum atomic E-state index is 12.3. The van der Waals surface area contributed by atoms with E-state index in [4.69, 9.17) is 5.11 Å². The molecule has 0 radical (unpaired) electrons. The summed E-state index contributed by atoms with van der Waals surface area (Å²) in [5.41, 5.74) is 1.24. The second kappa shape index (κ2) is 11.4. The maximum Gasteiger partial charge on any atom is 0.335 e. The van der Waals surface area contributed by atoms with Gasteiger partial charge in [0.25, 0.3) is 0 Å². The number of aliphatic hydroxyl groups excluding tert-OH is 1. The Labute approximate surface area is 173 Å². The molecule has 1 unspecified atom stereocenters. The molecule has 5 heteroatoms. The summed E-state index contributed by atoms with van der Waals surface area (Å²) in [5.74, 6) is 5.35. The van der Waals surface area contributed by atoms with Gasteiger partial charge in [-0.2, -0.15) is 0 Å². The van der Waals surface area contributed by atoms with Crippen LogP contribution in [0.5, 0.6) is 0 Å². The topological polar surface area (TPSA) is 77.8 Å². The number of carbonyl (C=O) groups excluding carboxylic acids is 1. The fourth-order valence-electron chi connectivity index (χ4n) is 3.47. The third-order valence-corrected chi connectivity index (χ3v) is 5.25. The SMILES string of the molecule is CCC#CC[C@H](C)[C@H](O)/C=C/C1CCC(=O)N1CCCc1cccc(C(=O)O)c1. The number of aromatic carboxylic acids is 1. The molecule has 3 atom stereocenters. The third kappa shape index (κ3) is 7.07. The number of hydrogen-bond donors (Lipinski definition) is 2. The van der Waals surface area contributed by atoms with E-state index in [0.717, 1.165) is 31.2 Å². The minimum Gasteiger partial charge on any atom is -0.478 e. The van der Waals surface area contributed by atoms with Crippen LogP contribution in [0.2, 0.25) is 0 Å². The lowest BCUT2D eigenvalue weighted by atomic mass is 10.00. The van der Waals surface area contributed by atoms with Gasteiger partial charge in [0.1, 0.15) is 0 Å². The molecule has 0 bridgehead atoms. The summed E-state index contributed by atoms with van der Waals surface area (Å²) in [4.78, 5) is 25.2. The lowest BCUT2D eigenvalue weighted by molar-refractivity contribution is -0.128. The molecule has 1 aromatic rings. The lowest BCUT2D eigenvalue weighted by Crippen LogP contribution is -2.33. The molecule has 1 aromatic carbocycles. The molecule has 1 fully saturated rings. The van der Waals surface area contributed by atoms with Crippen molar-refractivity contribution < 1.29 is 19.8 Å². The molecule has 1 heterocycles. The van der Waals surface area contributed by atoms with Crippen LogP contribution in [0.25, 0.3) is 0 Å². The van der Waals surface area contributed by atoms with E-state index in [9.17, 15) is 14.7 Å². The van der Waals surface area contributed by atoms with Crippen molar-refractivity contribution in [1.29, 1.82) is 0 Å². The van der Waals surface area contributed by atoms with E-state index in [2.05, 4.69) is 11.8 Å². The number of carbonyl (C=O) groups is 2. The number of carboxylic acids is 1. The first-order valence-corrected chi connectivity index (χ1v) is 10.4. The standard InChI is InChI=1S/C24H31NO4/c1-3-4-5-8-18(2)22(26)14-12-21-13-15-23(27)25(21)16-7-10-19-9-6-11-20(17-19)24(28)29/h6,9,11-12,14,17-18,21-22,26H,3,7-8,10,13,15-16H2,1-2H3,(H,28,29)/b14-12+/t18-,21?,22+/m0/s1. The van der Waals surface area contributed by atoms with Crippen molar-refractivity contribution in [3.05, 3.63) is 47.5 Å². The van der Waals surface area contributed by atoms with Crippen molar-refractivity contribution in [2.45, 2.75) is 64.5 Å². The number of benzene rings is 1. The second-order valence-corrected chi connectivity index (χ2v) is 7.57. The van der Waals surface area contributed by atoms with Crippen molar-refractivity contribution in [3.8, 4) is 11.8 Å². The normalized spacial score (nSPS) is 18.5. The van der Waals surface area contributed by atoms with E-state index in [0.29, 0.717) is 19.4 Å². The average Bonchev–Trinajstić information content (AvgIpc) is 3.06. The van der Waals surface area contributed by atoms with Crippen molar-refractivity contribution in [2.24, 2.45) is 5.92 Å². The molecule has 156 valence electrons. The summed E-state index contributed by atoms with van der Waals surface area (Å²) < 4.78 is 0. The van der Waals surface area contributed by atoms with Crippen molar-refractivity contribution in [2.75, 3.05) is 6.54 Å². The highest BCUT2D eigenvalue weighted by Gasteiger charge is 2.28. The van der Waals surface area contributed by atoms with Gasteiger partial charge in [-0.05, 0) is 42.9 Å². The van der Waals surface area contributed by atoms with Gasteiger partial charge in [0.05, 0.1) is 17.7 Å². The molecule has 0 aromatic heterocycles. The van der Waals surface area contributed by atoms with Crippen molar-refractivity contribution in [3.63, 3.8) is 0 Å². The molecule has 1 aliphatic heterocycles. The third-order valence-electron chi connectivity index (χ3n) is 5.25. The van der Waals surface area contributed by atoms with Crippen LogP contribution >= 0.6 is 0 Å². The van der Waals surface area contributed by atoms with Gasteiger partial charge in [0.15, 0.2) is 0 Å². The quantitative estimate of drug-likeness (QED) is 0.492. The Balaban J connectivity index is 1.88. The summed E-state index contributed by atoms with van der Waals surface area (Å²) in [6, 6.07) is 6.94. The first-order valence-electron chi connectivity index (χ1n) is 10.4. The van der Waals surface area contributed by atoms with E-state index in [1.807, 2.05) is 30.9 Å². The zero-order valence-corrected chi connectivity index (χ0v) is 17.3. The Hall–Kier alpha value is -2.58. The minimum absolute atomic E-state index is 0.0106. The summed E-state index contributed by atoms with van der Waals surface area (Å²) >= 11 is 0. The number of rotatable bonds is 9. The number of nitrogens with zero attached hydrogens (tertiary/aromatic N) is 1. The number of aliphatic hydroxyl groups is 1. The van der Waals surface area contributed by atoms with Gasteiger partial charge in [-0.3, -0.25) is 4.79 Å². The Bertz CT molecular complexity index is 790. The molecule has 5 nitrogen and oxygen atoms in total. The highest BCUT2D eigenvalue weighted by atomic mass is 16.4. The van der Waals surface area contributed by atoms with E-state index in [-0.39, 0.29) is 23.4 Å². The highest BCUT2D eigenvalue weighted by Crippen LogP contribution is 2.22. The fourth-order valence-corrected chi connectivity index (χ4v) is 3.47. The number of amides is 1. The van der Waals surface area contributed by atoms with E-state index in [1.165, 1.54) is 0 Å². The molecule has 2 rings (SSSR count). The predicted octanol–water partition coefficient (Wildman–Crippen LogP) is 3.67. The number of hydrogen-bond acceptors (Lipinski definition) is 3. The first-order chi connectivity index (χ1) is 13.9. The summed E-state index contributed by atoms with van der Waals surface area (Å²) in [6.45, 7) is 4.60. The summed E-state index contributed by atoms with van der Waals surface area (Å²) in [7, 11) is 0. The monoisotopic (exact) mass is 397 g/mol. The predicted molar refractivity (Wildman–Crippen MR) is 113 cm³/mol. The van der Waals surface area contributed by atoms with Crippen LogP contribution in [-0.4, -0.2) is 45.7 Å². The zero-order valence-electron chi connectivity index (χ0n) is 17.3. The second-order valence-electron chi connectivity index (χ2n) is 7.57. The van der Waals surface area contributed by atoms with Gasteiger partial charge in [-0.1, -0.05) is 38.1 Å². The van der Waals surface area contributed by atoms with Crippen LogP contribution < -0.4 is 0 Å². The molecule has 0 spiro atoms. The maximum absolute atomic E-state index is 12.3. The van der Waals surface area contributed by atoms with Gasteiger partial charge in [-0.25, -0.2) is 4.79 Å². The molecular formula is C24H31NO4. The van der Waals surface area contributed by atoms with Gasteiger partial charge in [0, 0.05) is 25.8 Å². The van der Waals surface area contributed by atoms with Crippen molar-refractivity contribution in [1.82, 2.24) is 4.90 Å². The molecular weight excluding hydrogens is 366 g/mol. The molecule has 1 amide bonds. The fraction of sp³-hybridized carbons (Fsp3) is 0.500. The van der Waals surface area contributed by atoms with E-state index in [1.54, 1.807) is 24.3 Å².